The van der Waals surface area contributed by atoms with Crippen LogP contribution in [0.5, 0.6) is 0 Å². The SMILES string of the molecule is C[C@@H]1CS(=O)(=O)N(c2ccc(C(=O)NCCc3ccc(Cl)cc3)cc2)C1=O. The van der Waals surface area contributed by atoms with E-state index in [4.69, 9.17) is 11.6 Å². The van der Waals surface area contributed by atoms with Gasteiger partial charge in [-0.15, -0.1) is 0 Å². The molecule has 1 fully saturated rings. The standard InChI is InChI=1S/C19H19ClN2O4S/c1-13-12-27(25,26)22(19(13)24)17-8-4-15(5-9-17)18(23)21-11-10-14-2-6-16(20)7-3-14/h2-9,13H,10-12H2,1H3,(H,21,23)/t13-/m1/s1. The van der Waals surface area contributed by atoms with E-state index in [2.05, 4.69) is 5.32 Å². The first-order valence-corrected chi connectivity index (χ1v) is 10.5. The maximum Gasteiger partial charge on any atom is 0.251 e. The van der Waals surface area contributed by atoms with Crippen LogP contribution >= 0.6 is 11.6 Å². The molecule has 1 N–H and O–H groups in total. The van der Waals surface area contributed by atoms with E-state index in [0.29, 0.717) is 23.6 Å². The first-order chi connectivity index (χ1) is 12.8. The number of carbonyl (C=O) groups excluding carboxylic acids is 2. The van der Waals surface area contributed by atoms with E-state index in [-0.39, 0.29) is 17.3 Å². The Hall–Kier alpha value is -2.38. The Morgan fingerprint density at radius 1 is 1.15 bits per heavy atom. The van der Waals surface area contributed by atoms with Crippen LogP contribution in [0, 0.1) is 5.92 Å². The molecular weight excluding hydrogens is 388 g/mol. The predicted octanol–water partition coefficient (Wildman–Crippen LogP) is 2.63. The molecule has 142 valence electrons. The molecule has 2 amide bonds. The third kappa shape index (κ3) is 4.31. The second kappa shape index (κ2) is 7.70. The molecule has 8 heteroatoms. The highest BCUT2D eigenvalue weighted by Gasteiger charge is 2.41. The van der Waals surface area contributed by atoms with Crippen LogP contribution in [0.25, 0.3) is 0 Å². The fourth-order valence-corrected chi connectivity index (χ4v) is 4.86. The summed E-state index contributed by atoms with van der Waals surface area (Å²) in [7, 11) is -3.65. The summed E-state index contributed by atoms with van der Waals surface area (Å²) in [4.78, 5) is 24.3. The van der Waals surface area contributed by atoms with Gasteiger partial charge < -0.3 is 5.32 Å². The zero-order valence-electron chi connectivity index (χ0n) is 14.7. The van der Waals surface area contributed by atoms with E-state index in [0.717, 1.165) is 9.87 Å². The number of nitrogens with zero attached hydrogens (tertiary/aromatic N) is 1. The van der Waals surface area contributed by atoms with Crippen LogP contribution in [0.15, 0.2) is 48.5 Å². The smallest absolute Gasteiger partial charge is 0.251 e. The number of hydrogen-bond donors (Lipinski definition) is 1. The molecule has 1 atom stereocenters. The summed E-state index contributed by atoms with van der Waals surface area (Å²) in [6.45, 7) is 2.04. The number of hydrogen-bond acceptors (Lipinski definition) is 4. The van der Waals surface area contributed by atoms with Crippen molar-refractivity contribution in [3.63, 3.8) is 0 Å². The molecule has 0 spiro atoms. The highest BCUT2D eigenvalue weighted by Crippen LogP contribution is 2.28. The van der Waals surface area contributed by atoms with E-state index >= 15 is 0 Å². The molecule has 1 aliphatic rings. The van der Waals surface area contributed by atoms with Crippen LogP contribution in [0.2, 0.25) is 5.02 Å². The Morgan fingerprint density at radius 3 is 2.33 bits per heavy atom. The lowest BCUT2D eigenvalue weighted by Crippen LogP contribution is -2.30. The van der Waals surface area contributed by atoms with Crippen LogP contribution in [0.4, 0.5) is 5.69 Å². The van der Waals surface area contributed by atoms with Crippen molar-refractivity contribution in [1.82, 2.24) is 5.32 Å². The summed E-state index contributed by atoms with van der Waals surface area (Å²) in [5.74, 6) is -1.47. The molecule has 2 aromatic rings. The van der Waals surface area contributed by atoms with Crippen LogP contribution in [-0.4, -0.2) is 32.5 Å². The van der Waals surface area contributed by atoms with Crippen LogP contribution < -0.4 is 9.62 Å². The number of anilines is 1. The largest absolute Gasteiger partial charge is 0.352 e. The van der Waals surface area contributed by atoms with Gasteiger partial charge in [-0.05, 0) is 48.4 Å². The topological polar surface area (TPSA) is 83.6 Å². The van der Waals surface area contributed by atoms with Gasteiger partial charge in [0.15, 0.2) is 0 Å². The molecule has 6 nitrogen and oxygen atoms in total. The highest BCUT2D eigenvalue weighted by molar-refractivity contribution is 7.94. The Bertz CT molecular complexity index is 956. The minimum absolute atomic E-state index is 0.196. The zero-order chi connectivity index (χ0) is 19.6. The van der Waals surface area contributed by atoms with Gasteiger partial charge in [0, 0.05) is 17.1 Å². The van der Waals surface area contributed by atoms with Crippen molar-refractivity contribution in [3.8, 4) is 0 Å². The molecule has 27 heavy (non-hydrogen) atoms. The van der Waals surface area contributed by atoms with Gasteiger partial charge in [0.2, 0.25) is 15.9 Å². The van der Waals surface area contributed by atoms with Gasteiger partial charge in [0.1, 0.15) is 0 Å². The molecule has 0 bridgehead atoms. The van der Waals surface area contributed by atoms with Crippen molar-refractivity contribution in [2.45, 2.75) is 13.3 Å². The number of amides is 2. The van der Waals surface area contributed by atoms with E-state index < -0.39 is 21.8 Å². The summed E-state index contributed by atoms with van der Waals surface area (Å²) in [6, 6.07) is 13.4. The zero-order valence-corrected chi connectivity index (χ0v) is 16.3. The lowest BCUT2D eigenvalue weighted by Gasteiger charge is -2.15. The van der Waals surface area contributed by atoms with Gasteiger partial charge in [0.05, 0.1) is 17.4 Å². The predicted molar refractivity (Wildman–Crippen MR) is 104 cm³/mol. The van der Waals surface area contributed by atoms with E-state index in [1.54, 1.807) is 19.1 Å². The lowest BCUT2D eigenvalue weighted by molar-refractivity contribution is -0.119. The van der Waals surface area contributed by atoms with Gasteiger partial charge >= 0.3 is 0 Å². The van der Waals surface area contributed by atoms with Gasteiger partial charge in [-0.2, -0.15) is 0 Å². The average Bonchev–Trinajstić information content (AvgIpc) is 2.84. The first kappa shape index (κ1) is 19.4. The second-order valence-electron chi connectivity index (χ2n) is 6.46. The van der Waals surface area contributed by atoms with Crippen LogP contribution in [0.3, 0.4) is 0 Å². The Kier molecular flexibility index (Phi) is 5.53. The number of benzene rings is 2. The van der Waals surface area contributed by atoms with Crippen molar-refractivity contribution >= 4 is 39.1 Å². The summed E-state index contributed by atoms with van der Waals surface area (Å²) in [5.41, 5.74) is 1.70. The molecule has 0 radical (unpaired) electrons. The third-order valence-electron chi connectivity index (χ3n) is 4.34. The van der Waals surface area contributed by atoms with E-state index in [1.165, 1.54) is 24.3 Å². The lowest BCUT2D eigenvalue weighted by atomic mass is 10.1. The third-order valence-corrected chi connectivity index (χ3v) is 6.46. The monoisotopic (exact) mass is 406 g/mol. The fraction of sp³-hybridized carbons (Fsp3) is 0.263. The highest BCUT2D eigenvalue weighted by atomic mass is 35.5. The summed E-state index contributed by atoms with van der Waals surface area (Å²) < 4.78 is 25.1. The quantitative estimate of drug-likeness (QED) is 0.827. The summed E-state index contributed by atoms with van der Waals surface area (Å²) in [5, 5.41) is 3.48. The van der Waals surface area contributed by atoms with Gasteiger partial charge in [-0.1, -0.05) is 30.7 Å². The van der Waals surface area contributed by atoms with Crippen molar-refractivity contribution in [1.29, 1.82) is 0 Å². The van der Waals surface area contributed by atoms with Gasteiger partial charge in [-0.3, -0.25) is 9.59 Å². The van der Waals surface area contributed by atoms with Crippen molar-refractivity contribution in [3.05, 3.63) is 64.7 Å². The molecule has 0 aliphatic carbocycles. The maximum atomic E-state index is 12.2. The minimum Gasteiger partial charge on any atom is -0.352 e. The van der Waals surface area contributed by atoms with Crippen LogP contribution in [-0.2, 0) is 21.2 Å². The average molecular weight is 407 g/mol. The van der Waals surface area contributed by atoms with Gasteiger partial charge in [0.25, 0.3) is 5.91 Å². The molecule has 1 aliphatic heterocycles. The summed E-state index contributed by atoms with van der Waals surface area (Å²) >= 11 is 5.84. The Balaban J connectivity index is 1.62. The van der Waals surface area contributed by atoms with Crippen molar-refractivity contribution in [2.24, 2.45) is 5.92 Å². The molecule has 1 saturated heterocycles. The second-order valence-corrected chi connectivity index (χ2v) is 8.76. The maximum absolute atomic E-state index is 12.2. The van der Waals surface area contributed by atoms with Crippen molar-refractivity contribution < 1.29 is 18.0 Å². The van der Waals surface area contributed by atoms with E-state index in [1.807, 2.05) is 12.1 Å². The summed E-state index contributed by atoms with van der Waals surface area (Å²) in [6.07, 6.45) is 0.666. The van der Waals surface area contributed by atoms with Crippen LogP contribution in [0.1, 0.15) is 22.8 Å². The molecule has 1 heterocycles. The Labute approximate surface area is 163 Å². The normalized spacial score (nSPS) is 18.5. The van der Waals surface area contributed by atoms with Crippen molar-refractivity contribution in [2.75, 3.05) is 16.6 Å². The molecule has 0 unspecified atom stereocenters. The molecule has 3 rings (SSSR count). The van der Waals surface area contributed by atoms with Gasteiger partial charge in [-0.25, -0.2) is 12.7 Å². The number of nitrogens with one attached hydrogen (secondary N) is 1. The Morgan fingerprint density at radius 2 is 1.78 bits per heavy atom. The minimum atomic E-state index is -3.65. The fourth-order valence-electron chi connectivity index (χ4n) is 2.91. The number of rotatable bonds is 5. The molecular formula is C19H19ClN2O4S. The molecule has 0 aromatic heterocycles. The first-order valence-electron chi connectivity index (χ1n) is 8.47. The number of carbonyl (C=O) groups is 2. The molecule has 0 saturated carbocycles. The van der Waals surface area contributed by atoms with E-state index in [9.17, 15) is 18.0 Å². The molecule has 2 aromatic carbocycles. The number of halogens is 1. The number of sulfonamides is 1.